The maximum absolute atomic E-state index is 13.9. The first-order valence-electron chi connectivity index (χ1n) is 14.7. The van der Waals surface area contributed by atoms with Gasteiger partial charge in [-0.3, -0.25) is 19.3 Å². The van der Waals surface area contributed by atoms with Gasteiger partial charge < -0.3 is 25.2 Å². The number of carboxylic acids is 2. The summed E-state index contributed by atoms with van der Waals surface area (Å²) in [6, 6.07) is 14.8. The molecule has 3 aliphatic heterocycles. The number of nitrogens with one attached hydrogen (secondary N) is 1. The molecule has 3 N–H and O–H groups in total. The van der Waals surface area contributed by atoms with Gasteiger partial charge in [0.05, 0.1) is 31.1 Å². The zero-order chi connectivity index (χ0) is 34.1. The summed E-state index contributed by atoms with van der Waals surface area (Å²) in [6.07, 6.45) is -4.50. The van der Waals surface area contributed by atoms with Gasteiger partial charge in [0.1, 0.15) is 12.1 Å². The van der Waals surface area contributed by atoms with E-state index in [1.165, 1.54) is 16.7 Å². The molecule has 16 heteroatoms. The molecule has 2 aromatic rings. The maximum Gasteiger partial charge on any atom is 0.490 e. The third-order valence-electron chi connectivity index (χ3n) is 7.74. The molecule has 4 atom stereocenters. The number of ether oxygens (including phenoxy) is 1. The van der Waals surface area contributed by atoms with Gasteiger partial charge in [-0.15, -0.1) is 0 Å². The summed E-state index contributed by atoms with van der Waals surface area (Å²) in [6.45, 7) is 2.69. The first-order valence-corrected chi connectivity index (χ1v) is 16.7. The van der Waals surface area contributed by atoms with Crippen LogP contribution in [-0.4, -0.2) is 117 Å². The molecule has 0 radical (unpaired) electrons. The first kappa shape index (κ1) is 36.2. The Balaban J connectivity index is 0.000000644. The summed E-state index contributed by atoms with van der Waals surface area (Å²) >= 11 is 2.51. The summed E-state index contributed by atoms with van der Waals surface area (Å²) in [5.74, 6) is -3.73. The van der Waals surface area contributed by atoms with Crippen molar-refractivity contribution in [2.75, 3.05) is 44.4 Å². The second-order valence-electron chi connectivity index (χ2n) is 11.0. The van der Waals surface area contributed by atoms with E-state index < -0.39 is 47.3 Å². The lowest BCUT2D eigenvalue weighted by atomic mass is 9.98. The number of carboxylic acid groups (broad SMARTS) is 2. The monoisotopic (exact) mass is 697 g/mol. The number of carbonyl (C=O) groups excluding carboxylic acids is 3. The Morgan fingerprint density at radius 1 is 1.00 bits per heavy atom. The number of alkyl halides is 3. The largest absolute Gasteiger partial charge is 0.490 e. The van der Waals surface area contributed by atoms with Gasteiger partial charge in [0.15, 0.2) is 0 Å². The van der Waals surface area contributed by atoms with E-state index in [1.54, 1.807) is 0 Å². The number of benzene rings is 2. The van der Waals surface area contributed by atoms with Crippen LogP contribution in [0.3, 0.4) is 0 Å². The van der Waals surface area contributed by atoms with Crippen molar-refractivity contribution in [3.05, 3.63) is 71.3 Å². The fraction of sp³-hybridized carbons (Fsp3) is 0.452. The highest BCUT2D eigenvalue weighted by atomic mass is 32.2. The lowest BCUT2D eigenvalue weighted by Crippen LogP contribution is -2.58. The molecule has 2 aromatic carbocycles. The van der Waals surface area contributed by atoms with E-state index in [4.69, 9.17) is 14.6 Å². The van der Waals surface area contributed by atoms with Crippen LogP contribution in [0.25, 0.3) is 0 Å². The van der Waals surface area contributed by atoms with Gasteiger partial charge in [-0.1, -0.05) is 66.4 Å². The van der Waals surface area contributed by atoms with Crippen molar-refractivity contribution < 1.29 is 52.1 Å². The Morgan fingerprint density at radius 2 is 1.64 bits per heavy atom. The molecular formula is C31H34F3N3O8S2. The van der Waals surface area contributed by atoms with Gasteiger partial charge in [-0.25, -0.2) is 9.59 Å². The highest BCUT2D eigenvalue weighted by Crippen LogP contribution is 2.38. The summed E-state index contributed by atoms with van der Waals surface area (Å²) in [5.41, 5.74) is 2.74. The SMILES string of the molecule is O=C(CN1CCOCC1)S[C@@H](Cc1ccccc1)C(=O)N[C@@H]1Cc2ccccc2[C@@H]2CSC[C@H](C(=O)O)N2C1=O.O=C(O)C(F)(F)F. The average molecular weight is 698 g/mol. The molecule has 0 aromatic heterocycles. The Kier molecular flexibility index (Phi) is 12.7. The molecule has 2 saturated heterocycles. The Bertz CT molecular complexity index is 1440. The Hall–Kier alpha value is -3.60. The van der Waals surface area contributed by atoms with Crippen LogP contribution in [0, 0.1) is 0 Å². The predicted octanol–water partition coefficient (Wildman–Crippen LogP) is 2.63. The second kappa shape index (κ2) is 16.5. The molecular weight excluding hydrogens is 663 g/mol. The number of carbonyl (C=O) groups is 5. The zero-order valence-corrected chi connectivity index (χ0v) is 26.7. The van der Waals surface area contributed by atoms with E-state index in [1.807, 2.05) is 59.5 Å². The average Bonchev–Trinajstić information content (AvgIpc) is 3.15. The van der Waals surface area contributed by atoms with Gasteiger partial charge in [-0.2, -0.15) is 24.9 Å². The number of thioether (sulfide) groups is 2. The van der Waals surface area contributed by atoms with Gasteiger partial charge in [-0.05, 0) is 23.1 Å². The van der Waals surface area contributed by atoms with Crippen LogP contribution in [0.1, 0.15) is 22.7 Å². The number of fused-ring (bicyclic) bond motifs is 3. The van der Waals surface area contributed by atoms with E-state index >= 15 is 0 Å². The van der Waals surface area contributed by atoms with Crippen molar-refractivity contribution in [1.82, 2.24) is 15.1 Å². The topological polar surface area (TPSA) is 154 Å². The number of amides is 2. The van der Waals surface area contributed by atoms with E-state index in [-0.39, 0.29) is 24.1 Å². The van der Waals surface area contributed by atoms with Crippen LogP contribution >= 0.6 is 23.5 Å². The van der Waals surface area contributed by atoms with E-state index in [0.29, 0.717) is 44.2 Å². The van der Waals surface area contributed by atoms with Crippen molar-refractivity contribution >= 4 is 52.4 Å². The molecule has 0 spiro atoms. The van der Waals surface area contributed by atoms with Crippen LogP contribution in [0.15, 0.2) is 54.6 Å². The third-order valence-corrected chi connectivity index (χ3v) is 9.90. The number of halogens is 3. The molecule has 11 nitrogen and oxygen atoms in total. The van der Waals surface area contributed by atoms with Crippen LogP contribution in [-0.2, 0) is 41.6 Å². The number of morpholine rings is 1. The normalized spacial score (nSPS) is 22.0. The summed E-state index contributed by atoms with van der Waals surface area (Å²) in [7, 11) is 0. The lowest BCUT2D eigenvalue weighted by molar-refractivity contribution is -0.192. The number of rotatable bonds is 8. The van der Waals surface area contributed by atoms with Crippen molar-refractivity contribution in [1.29, 1.82) is 0 Å². The zero-order valence-electron chi connectivity index (χ0n) is 25.1. The summed E-state index contributed by atoms with van der Waals surface area (Å²) in [4.78, 5) is 65.3. The van der Waals surface area contributed by atoms with Gasteiger partial charge in [0, 0.05) is 31.0 Å². The minimum absolute atomic E-state index is 0.116. The third kappa shape index (κ3) is 9.95. The molecule has 0 saturated carbocycles. The molecule has 2 amide bonds. The predicted molar refractivity (Wildman–Crippen MR) is 168 cm³/mol. The lowest BCUT2D eigenvalue weighted by Gasteiger charge is -2.40. The van der Waals surface area contributed by atoms with Crippen molar-refractivity contribution in [3.63, 3.8) is 0 Å². The molecule has 0 bridgehead atoms. The molecule has 0 aliphatic carbocycles. The van der Waals surface area contributed by atoms with Crippen molar-refractivity contribution in [2.45, 2.75) is 42.4 Å². The number of hydrogen-bond acceptors (Lipinski definition) is 9. The standard InChI is InChI=1S/C29H33N3O6S2.C2HF3O2/c33-26(16-31-10-12-38-13-11-31)40-25(14-19-6-2-1-3-7-19)27(34)30-22-15-20-8-4-5-9-21(20)23-17-39-18-24(29(36)37)32(23)28(22)35;3-2(4,5)1(6)7/h1-9,22-25H,10-18H2,(H,30,34)(H,36,37);(H,6,7)/t22-,23+,24-,25+;/m1./s1. The quantitative estimate of drug-likeness (QED) is 0.373. The molecule has 3 aliphatic rings. The highest BCUT2D eigenvalue weighted by molar-refractivity contribution is 8.14. The minimum atomic E-state index is -5.08. The van der Waals surface area contributed by atoms with Crippen LogP contribution < -0.4 is 5.32 Å². The summed E-state index contributed by atoms with van der Waals surface area (Å²) in [5, 5.41) is 19.1. The smallest absolute Gasteiger partial charge is 0.480 e. The van der Waals surface area contributed by atoms with E-state index in [9.17, 15) is 37.5 Å². The van der Waals surface area contributed by atoms with Crippen molar-refractivity contribution in [3.8, 4) is 0 Å². The summed E-state index contributed by atoms with van der Waals surface area (Å²) < 4.78 is 37.1. The maximum atomic E-state index is 13.9. The first-order chi connectivity index (χ1) is 22.3. The van der Waals surface area contributed by atoms with Crippen molar-refractivity contribution in [2.24, 2.45) is 0 Å². The molecule has 2 fully saturated rings. The van der Waals surface area contributed by atoms with Crippen LogP contribution in [0.2, 0.25) is 0 Å². The van der Waals surface area contributed by atoms with Gasteiger partial charge in [0.2, 0.25) is 16.9 Å². The molecule has 0 unspecified atom stereocenters. The molecule has 47 heavy (non-hydrogen) atoms. The van der Waals surface area contributed by atoms with Crippen LogP contribution in [0.5, 0.6) is 0 Å². The van der Waals surface area contributed by atoms with Gasteiger partial charge in [0.25, 0.3) is 0 Å². The Morgan fingerprint density at radius 3 is 2.28 bits per heavy atom. The fourth-order valence-corrected chi connectivity index (χ4v) is 7.72. The highest BCUT2D eigenvalue weighted by Gasteiger charge is 2.45. The molecule has 3 heterocycles. The number of aliphatic carboxylic acids is 2. The second-order valence-corrected chi connectivity index (χ2v) is 13.3. The molecule has 5 rings (SSSR count). The number of nitrogens with zero attached hydrogens (tertiary/aromatic N) is 2. The minimum Gasteiger partial charge on any atom is -0.480 e. The Labute approximate surface area is 277 Å². The molecule has 254 valence electrons. The van der Waals surface area contributed by atoms with Crippen LogP contribution in [0.4, 0.5) is 13.2 Å². The fourth-order valence-electron chi connectivity index (χ4n) is 5.47. The van der Waals surface area contributed by atoms with Gasteiger partial charge >= 0.3 is 18.1 Å². The number of hydrogen-bond donors (Lipinski definition) is 3. The van der Waals surface area contributed by atoms with E-state index in [2.05, 4.69) is 5.32 Å². The van der Waals surface area contributed by atoms with E-state index in [0.717, 1.165) is 28.5 Å².